The Morgan fingerprint density at radius 2 is 1.74 bits per heavy atom. The van der Waals surface area contributed by atoms with Crippen molar-refractivity contribution in [2.45, 2.75) is 31.9 Å². The van der Waals surface area contributed by atoms with Crippen LogP contribution >= 0.6 is 0 Å². The van der Waals surface area contributed by atoms with E-state index in [9.17, 15) is 13.2 Å². The third kappa shape index (κ3) is 7.92. The summed E-state index contributed by atoms with van der Waals surface area (Å²) in [5, 5.41) is 5.70. The molecule has 19 heavy (non-hydrogen) atoms. The van der Waals surface area contributed by atoms with Crippen molar-refractivity contribution in [1.29, 1.82) is 0 Å². The second-order valence-corrected chi connectivity index (χ2v) is 4.69. The van der Waals surface area contributed by atoms with Gasteiger partial charge in [0, 0.05) is 26.7 Å². The van der Waals surface area contributed by atoms with Gasteiger partial charge >= 0.3 is 6.18 Å². The molecule has 0 spiro atoms. The Labute approximate surface area is 112 Å². The topological polar surface area (TPSA) is 39.7 Å². The van der Waals surface area contributed by atoms with E-state index in [1.807, 2.05) is 0 Å². The van der Waals surface area contributed by atoms with Crippen LogP contribution in [0.1, 0.15) is 25.7 Å². The summed E-state index contributed by atoms with van der Waals surface area (Å²) < 4.78 is 36.0. The fraction of sp³-hybridized carbons (Fsp3) is 0.917. The SMILES string of the molecule is CN=C(NCCN1CCCCC1)NCCC(F)(F)F. The predicted molar refractivity (Wildman–Crippen MR) is 70.3 cm³/mol. The Kier molecular flexibility index (Phi) is 6.97. The molecule has 112 valence electrons. The molecule has 0 aliphatic carbocycles. The molecule has 1 saturated heterocycles. The average molecular weight is 280 g/mol. The molecule has 2 N–H and O–H groups in total. The molecule has 7 heteroatoms. The second-order valence-electron chi connectivity index (χ2n) is 4.69. The van der Waals surface area contributed by atoms with Gasteiger partial charge in [-0.1, -0.05) is 6.42 Å². The lowest BCUT2D eigenvalue weighted by Crippen LogP contribution is -2.43. The maximum absolute atomic E-state index is 12.0. The minimum absolute atomic E-state index is 0.146. The lowest BCUT2D eigenvalue weighted by molar-refractivity contribution is -0.132. The normalized spacial score (nSPS) is 18.4. The van der Waals surface area contributed by atoms with Gasteiger partial charge < -0.3 is 15.5 Å². The van der Waals surface area contributed by atoms with Crippen LogP contribution in [0, 0.1) is 0 Å². The summed E-state index contributed by atoms with van der Waals surface area (Å²) in [7, 11) is 1.56. The van der Waals surface area contributed by atoms with E-state index in [1.165, 1.54) is 19.3 Å². The molecule has 1 rings (SSSR count). The highest BCUT2D eigenvalue weighted by Crippen LogP contribution is 2.17. The fourth-order valence-electron chi connectivity index (χ4n) is 2.06. The largest absolute Gasteiger partial charge is 0.390 e. The number of nitrogens with zero attached hydrogens (tertiary/aromatic N) is 2. The Morgan fingerprint density at radius 1 is 1.11 bits per heavy atom. The van der Waals surface area contributed by atoms with Gasteiger partial charge in [-0.15, -0.1) is 0 Å². The van der Waals surface area contributed by atoms with Crippen LogP contribution in [0.5, 0.6) is 0 Å². The van der Waals surface area contributed by atoms with E-state index in [0.717, 1.165) is 19.6 Å². The van der Waals surface area contributed by atoms with Crippen LogP contribution in [0.4, 0.5) is 13.2 Å². The summed E-state index contributed by atoms with van der Waals surface area (Å²) in [6, 6.07) is 0. The van der Waals surface area contributed by atoms with E-state index in [2.05, 4.69) is 20.5 Å². The zero-order valence-corrected chi connectivity index (χ0v) is 11.4. The van der Waals surface area contributed by atoms with Gasteiger partial charge in [0.2, 0.25) is 0 Å². The minimum atomic E-state index is -4.13. The van der Waals surface area contributed by atoms with Crippen molar-refractivity contribution in [1.82, 2.24) is 15.5 Å². The molecule has 1 heterocycles. The molecule has 1 aliphatic rings. The molecular formula is C12H23F3N4. The highest BCUT2D eigenvalue weighted by molar-refractivity contribution is 5.79. The van der Waals surface area contributed by atoms with E-state index < -0.39 is 12.6 Å². The van der Waals surface area contributed by atoms with E-state index >= 15 is 0 Å². The first-order valence-corrected chi connectivity index (χ1v) is 6.75. The van der Waals surface area contributed by atoms with Crippen molar-refractivity contribution in [2.75, 3.05) is 39.8 Å². The zero-order chi connectivity index (χ0) is 14.1. The molecule has 0 unspecified atom stereocenters. The highest BCUT2D eigenvalue weighted by Gasteiger charge is 2.26. The van der Waals surface area contributed by atoms with Crippen molar-refractivity contribution in [3.05, 3.63) is 0 Å². The van der Waals surface area contributed by atoms with Gasteiger partial charge in [-0.3, -0.25) is 4.99 Å². The lowest BCUT2D eigenvalue weighted by Gasteiger charge is -2.26. The first-order chi connectivity index (χ1) is 9.01. The van der Waals surface area contributed by atoms with E-state index in [-0.39, 0.29) is 6.54 Å². The van der Waals surface area contributed by atoms with Gasteiger partial charge in [-0.2, -0.15) is 13.2 Å². The van der Waals surface area contributed by atoms with Crippen molar-refractivity contribution >= 4 is 5.96 Å². The lowest BCUT2D eigenvalue weighted by atomic mass is 10.1. The smallest absolute Gasteiger partial charge is 0.356 e. The maximum Gasteiger partial charge on any atom is 0.390 e. The molecule has 0 amide bonds. The number of halogens is 3. The number of rotatable bonds is 5. The van der Waals surface area contributed by atoms with Gasteiger partial charge in [0.05, 0.1) is 6.42 Å². The van der Waals surface area contributed by atoms with E-state index in [0.29, 0.717) is 12.5 Å². The average Bonchev–Trinajstić information content (AvgIpc) is 2.37. The quantitative estimate of drug-likeness (QED) is 0.593. The second kappa shape index (κ2) is 8.24. The fourth-order valence-corrected chi connectivity index (χ4v) is 2.06. The number of guanidine groups is 1. The van der Waals surface area contributed by atoms with E-state index in [1.54, 1.807) is 7.05 Å². The van der Waals surface area contributed by atoms with Gasteiger partial charge in [-0.05, 0) is 25.9 Å². The molecule has 0 bridgehead atoms. The Bertz CT molecular complexity index is 273. The zero-order valence-electron chi connectivity index (χ0n) is 11.4. The summed E-state index contributed by atoms with van der Waals surface area (Å²) in [4.78, 5) is 6.26. The van der Waals surface area contributed by atoms with Crippen LogP contribution < -0.4 is 10.6 Å². The van der Waals surface area contributed by atoms with Crippen LogP contribution in [-0.2, 0) is 0 Å². The maximum atomic E-state index is 12.0. The molecule has 0 atom stereocenters. The Hall–Kier alpha value is -0.980. The molecule has 0 aromatic heterocycles. The predicted octanol–water partition coefficient (Wildman–Crippen LogP) is 1.59. The number of hydrogen-bond donors (Lipinski definition) is 2. The molecule has 1 fully saturated rings. The number of aliphatic imine (C=N–C) groups is 1. The van der Waals surface area contributed by atoms with Gasteiger partial charge in [0.25, 0.3) is 0 Å². The standard InChI is InChI=1S/C12H23F3N4/c1-16-11(17-6-5-12(13,14)15)18-7-10-19-8-3-2-4-9-19/h2-10H2,1H3,(H2,16,17,18). The van der Waals surface area contributed by atoms with Crippen LogP contribution in [0.15, 0.2) is 4.99 Å². The summed E-state index contributed by atoms with van der Waals surface area (Å²) >= 11 is 0. The number of likely N-dealkylation sites (tertiary alicyclic amines) is 1. The molecule has 0 radical (unpaired) electrons. The first kappa shape index (κ1) is 16.1. The van der Waals surface area contributed by atoms with Gasteiger partial charge in [0.1, 0.15) is 0 Å². The van der Waals surface area contributed by atoms with Crippen molar-refractivity contribution in [3.8, 4) is 0 Å². The minimum Gasteiger partial charge on any atom is -0.356 e. The van der Waals surface area contributed by atoms with Crippen LogP contribution in [0.2, 0.25) is 0 Å². The third-order valence-electron chi connectivity index (χ3n) is 3.09. The Balaban J connectivity index is 2.11. The summed E-state index contributed by atoms with van der Waals surface area (Å²) in [5.41, 5.74) is 0. The molecule has 0 saturated carbocycles. The number of alkyl halides is 3. The van der Waals surface area contributed by atoms with Crippen molar-refractivity contribution < 1.29 is 13.2 Å². The molecule has 1 aliphatic heterocycles. The van der Waals surface area contributed by atoms with E-state index in [4.69, 9.17) is 0 Å². The van der Waals surface area contributed by atoms with Crippen molar-refractivity contribution in [3.63, 3.8) is 0 Å². The number of hydrogen-bond acceptors (Lipinski definition) is 2. The van der Waals surface area contributed by atoms with Gasteiger partial charge in [-0.25, -0.2) is 0 Å². The monoisotopic (exact) mass is 280 g/mol. The summed E-state index contributed by atoms with van der Waals surface area (Å²) in [5.74, 6) is 0.432. The Morgan fingerprint density at radius 3 is 2.32 bits per heavy atom. The molecule has 4 nitrogen and oxygen atoms in total. The summed E-state index contributed by atoms with van der Waals surface area (Å²) in [6.45, 7) is 3.68. The third-order valence-corrected chi connectivity index (χ3v) is 3.09. The van der Waals surface area contributed by atoms with Crippen LogP contribution in [-0.4, -0.2) is 56.8 Å². The van der Waals surface area contributed by atoms with Crippen LogP contribution in [0.25, 0.3) is 0 Å². The molecule has 0 aromatic rings. The van der Waals surface area contributed by atoms with Crippen molar-refractivity contribution in [2.24, 2.45) is 4.99 Å². The van der Waals surface area contributed by atoms with Crippen LogP contribution in [0.3, 0.4) is 0 Å². The first-order valence-electron chi connectivity index (χ1n) is 6.75. The number of piperidine rings is 1. The van der Waals surface area contributed by atoms with Gasteiger partial charge in [0.15, 0.2) is 5.96 Å². The molecule has 0 aromatic carbocycles. The molecular weight excluding hydrogens is 257 g/mol. The highest BCUT2D eigenvalue weighted by atomic mass is 19.4. The number of nitrogens with one attached hydrogen (secondary N) is 2. The summed E-state index contributed by atoms with van der Waals surface area (Å²) in [6.07, 6.45) is -1.21.